The lowest BCUT2D eigenvalue weighted by Crippen LogP contribution is -2.36. The molecule has 0 spiro atoms. The van der Waals surface area contributed by atoms with Gasteiger partial charge in [-0.05, 0) is 112 Å². The molecule has 1 N–H and O–H groups in total. The number of nitrogens with zero attached hydrogens (tertiary/aromatic N) is 1. The second-order valence-electron chi connectivity index (χ2n) is 16.7. The first-order chi connectivity index (χ1) is 28.2. The van der Waals surface area contributed by atoms with E-state index in [2.05, 4.69) is 157 Å². The molecular weight excluding hydrogens is 693 g/mol. The van der Waals surface area contributed by atoms with Crippen LogP contribution in [0, 0.1) is 17.8 Å². The zero-order chi connectivity index (χ0) is 37.5. The van der Waals surface area contributed by atoms with Gasteiger partial charge in [-0.1, -0.05) is 140 Å². The molecule has 0 bridgehead atoms. The number of ether oxygens (including phenoxy) is 1. The van der Waals surface area contributed by atoms with Gasteiger partial charge in [0.05, 0.1) is 11.6 Å². The fourth-order valence-corrected chi connectivity index (χ4v) is 10.8. The lowest BCUT2D eigenvalue weighted by Gasteiger charge is -2.36. The largest absolute Gasteiger partial charge is 0.464 e. The third-order valence-electron chi connectivity index (χ3n) is 13.6. The summed E-state index contributed by atoms with van der Waals surface area (Å²) in [6, 6.07) is 27.0. The molecule has 0 amide bonds. The first kappa shape index (κ1) is 33.0. The molecule has 3 heteroatoms. The van der Waals surface area contributed by atoms with Crippen LogP contribution in [-0.2, 0) is 11.2 Å². The van der Waals surface area contributed by atoms with Crippen molar-refractivity contribution in [3.8, 4) is 0 Å². The van der Waals surface area contributed by atoms with Crippen LogP contribution in [0.25, 0.3) is 16.9 Å². The van der Waals surface area contributed by atoms with E-state index >= 15 is 0 Å². The molecule has 7 aliphatic carbocycles. The summed E-state index contributed by atoms with van der Waals surface area (Å²) in [5.74, 6) is 3.09. The Bertz CT molecular complexity index is 2830. The summed E-state index contributed by atoms with van der Waals surface area (Å²) in [5.41, 5.74) is 18.9. The fraction of sp³-hybridized carbons (Fsp3) is 0.204. The third kappa shape index (κ3) is 5.43. The summed E-state index contributed by atoms with van der Waals surface area (Å²) >= 11 is 0. The average molecular weight is 737 g/mol. The van der Waals surface area contributed by atoms with Crippen LogP contribution in [0.15, 0.2) is 202 Å². The summed E-state index contributed by atoms with van der Waals surface area (Å²) < 4.78 is 6.60. The molecule has 2 aliphatic heterocycles. The highest BCUT2D eigenvalue weighted by Gasteiger charge is 2.37. The van der Waals surface area contributed by atoms with Crippen molar-refractivity contribution in [1.82, 2.24) is 5.32 Å². The van der Waals surface area contributed by atoms with E-state index in [4.69, 9.17) is 9.73 Å². The van der Waals surface area contributed by atoms with E-state index in [0.29, 0.717) is 5.92 Å². The molecule has 3 aromatic rings. The van der Waals surface area contributed by atoms with Crippen LogP contribution >= 0.6 is 0 Å². The van der Waals surface area contributed by atoms with Crippen LogP contribution in [0.4, 0.5) is 0 Å². The van der Waals surface area contributed by atoms with Gasteiger partial charge in [-0.15, -0.1) is 0 Å². The number of fused-ring (bicyclic) bond motifs is 6. The topological polar surface area (TPSA) is 33.6 Å². The first-order valence-electron chi connectivity index (χ1n) is 21.0. The Hall–Kier alpha value is -6.19. The second kappa shape index (κ2) is 13.2. The van der Waals surface area contributed by atoms with Crippen LogP contribution in [-0.4, -0.2) is 11.9 Å². The maximum absolute atomic E-state index is 6.60. The van der Waals surface area contributed by atoms with Crippen LogP contribution in [0.5, 0.6) is 0 Å². The first-order valence-corrected chi connectivity index (χ1v) is 21.0. The van der Waals surface area contributed by atoms with Gasteiger partial charge in [0.1, 0.15) is 17.7 Å². The SMILES string of the molecule is C1=CC2C(C3=CC4=C(CC3)c3ccccc3C4)=CC=C(C3=CC(c4cccc(C5=c6ccccc6=C6OC7=C(C=CCC7)C6C5)c4)=NC(C4=CCC=C4)N3)C2C=C1. The highest BCUT2D eigenvalue weighted by molar-refractivity contribution is 6.10. The monoisotopic (exact) mass is 736 g/mol. The molecule has 0 fully saturated rings. The summed E-state index contributed by atoms with van der Waals surface area (Å²) in [5, 5.41) is 6.43. The molecule has 0 saturated carbocycles. The van der Waals surface area contributed by atoms with Gasteiger partial charge in [-0.2, -0.15) is 0 Å². The van der Waals surface area contributed by atoms with Gasteiger partial charge in [0, 0.05) is 40.3 Å². The lowest BCUT2D eigenvalue weighted by atomic mass is 9.70. The smallest absolute Gasteiger partial charge is 0.145 e. The highest BCUT2D eigenvalue weighted by Crippen LogP contribution is 2.48. The lowest BCUT2D eigenvalue weighted by molar-refractivity contribution is 0.360. The van der Waals surface area contributed by atoms with E-state index in [0.717, 1.165) is 73.4 Å². The number of aliphatic imine (C=N–C) groups is 1. The van der Waals surface area contributed by atoms with Crippen LogP contribution < -0.4 is 15.8 Å². The second-order valence-corrected chi connectivity index (χ2v) is 16.7. The van der Waals surface area contributed by atoms with Gasteiger partial charge in [-0.3, -0.25) is 4.99 Å². The zero-order valence-corrected chi connectivity index (χ0v) is 32.0. The number of nitrogens with one attached hydrogen (secondary N) is 1. The van der Waals surface area contributed by atoms with Crippen molar-refractivity contribution < 1.29 is 4.74 Å². The average Bonchev–Trinajstić information content (AvgIpc) is 4.04. The highest BCUT2D eigenvalue weighted by atomic mass is 16.5. The van der Waals surface area contributed by atoms with Crippen molar-refractivity contribution in [2.24, 2.45) is 22.7 Å². The Labute approximate surface area is 334 Å². The minimum Gasteiger partial charge on any atom is -0.464 e. The van der Waals surface area contributed by atoms with E-state index in [-0.39, 0.29) is 18.0 Å². The molecule has 2 heterocycles. The normalized spacial score (nSPS) is 26.2. The number of rotatable bonds is 5. The van der Waals surface area contributed by atoms with Gasteiger partial charge in [0.15, 0.2) is 0 Å². The van der Waals surface area contributed by atoms with E-state index < -0.39 is 0 Å². The van der Waals surface area contributed by atoms with Crippen molar-refractivity contribution in [3.05, 3.63) is 229 Å². The van der Waals surface area contributed by atoms with Gasteiger partial charge in [0.25, 0.3) is 0 Å². The Balaban J connectivity index is 0.929. The fourth-order valence-electron chi connectivity index (χ4n) is 10.8. The number of hydrogen-bond acceptors (Lipinski definition) is 3. The van der Waals surface area contributed by atoms with Gasteiger partial charge >= 0.3 is 0 Å². The molecule has 3 nitrogen and oxygen atoms in total. The molecule has 0 aromatic heterocycles. The summed E-state index contributed by atoms with van der Waals surface area (Å²) in [7, 11) is 0. The summed E-state index contributed by atoms with van der Waals surface area (Å²) in [4.78, 5) is 5.43. The Morgan fingerprint density at radius 3 is 2.49 bits per heavy atom. The van der Waals surface area contributed by atoms with Crippen molar-refractivity contribution >= 4 is 22.6 Å². The molecule has 4 atom stereocenters. The number of benzene rings is 3. The predicted octanol–water partition coefficient (Wildman–Crippen LogP) is 10.1. The molecule has 9 aliphatic rings. The summed E-state index contributed by atoms with van der Waals surface area (Å²) in [6.45, 7) is 0. The molecule has 0 radical (unpaired) electrons. The van der Waals surface area contributed by atoms with Gasteiger partial charge in [-0.25, -0.2) is 0 Å². The summed E-state index contributed by atoms with van der Waals surface area (Å²) in [6.07, 6.45) is 37.5. The number of hydrogen-bond donors (Lipinski definition) is 1. The minimum absolute atomic E-state index is 0.148. The zero-order valence-electron chi connectivity index (χ0n) is 32.0. The standard InChI is InChI=1S/C54H44N2O/c1-2-13-33(12-1)54-55-50(37-16-11-15-35(28-37)48-31-49-46-21-9-10-23-52(46)57-53(49)47-22-8-7-20-44(47)48)32-51(56-54)45-27-26-40(42-18-5-6-19-43(42)45)36-24-25-41-38(30-36)29-34-14-3-4-17-39(34)41/h1,3-9,11-22,26-28,30,32,42-43,49,54,56H,2,10,23-25,29,31H2. The Kier molecular flexibility index (Phi) is 7.64. The number of allylic oxidation sites excluding steroid dienone is 18. The quantitative estimate of drug-likeness (QED) is 0.283. The van der Waals surface area contributed by atoms with Crippen molar-refractivity contribution in [1.29, 1.82) is 0 Å². The molecule has 4 unspecified atom stereocenters. The molecule has 57 heavy (non-hydrogen) atoms. The maximum Gasteiger partial charge on any atom is 0.145 e. The minimum atomic E-state index is -0.148. The van der Waals surface area contributed by atoms with Crippen LogP contribution in [0.3, 0.4) is 0 Å². The maximum atomic E-state index is 6.60. The van der Waals surface area contributed by atoms with E-state index in [1.807, 2.05) is 0 Å². The van der Waals surface area contributed by atoms with Crippen LogP contribution in [0.1, 0.15) is 60.8 Å². The van der Waals surface area contributed by atoms with Crippen molar-refractivity contribution in [2.45, 2.75) is 51.1 Å². The van der Waals surface area contributed by atoms with E-state index in [1.165, 1.54) is 66.1 Å². The van der Waals surface area contributed by atoms with E-state index in [9.17, 15) is 0 Å². The molecule has 0 saturated heterocycles. The predicted molar refractivity (Wildman–Crippen MR) is 232 cm³/mol. The van der Waals surface area contributed by atoms with Crippen molar-refractivity contribution in [3.63, 3.8) is 0 Å². The van der Waals surface area contributed by atoms with Crippen LogP contribution in [0.2, 0.25) is 0 Å². The third-order valence-corrected chi connectivity index (χ3v) is 13.6. The Morgan fingerprint density at radius 2 is 1.58 bits per heavy atom. The van der Waals surface area contributed by atoms with Gasteiger partial charge < -0.3 is 10.1 Å². The molecular formula is C54H44N2O. The Morgan fingerprint density at radius 1 is 0.737 bits per heavy atom. The molecule has 3 aromatic carbocycles. The molecule has 276 valence electrons. The van der Waals surface area contributed by atoms with Crippen molar-refractivity contribution in [2.75, 3.05) is 0 Å². The van der Waals surface area contributed by atoms with E-state index in [1.54, 1.807) is 5.57 Å². The van der Waals surface area contributed by atoms with Gasteiger partial charge in [0.2, 0.25) is 0 Å². The molecule has 12 rings (SSSR count).